The molecule has 1 saturated carbocycles. The highest BCUT2D eigenvalue weighted by Crippen LogP contribution is 2.33. The number of nitrogens with two attached hydrogens (primary N) is 2. The van der Waals surface area contributed by atoms with Gasteiger partial charge in [0.2, 0.25) is 5.91 Å². The molecule has 0 saturated heterocycles. The average Bonchev–Trinajstić information content (AvgIpc) is 2.63. The minimum atomic E-state index is -1.10. The van der Waals surface area contributed by atoms with Crippen LogP contribution in [0.2, 0.25) is 0 Å². The summed E-state index contributed by atoms with van der Waals surface area (Å²) in [5.74, 6) is 8.20. The maximum atomic E-state index is 12.2. The maximum Gasteiger partial charge on any atom is 0.252 e. The molecule has 0 heterocycles. The van der Waals surface area contributed by atoms with E-state index >= 15 is 0 Å². The van der Waals surface area contributed by atoms with E-state index in [0.29, 0.717) is 12.0 Å². The first-order valence-electron chi connectivity index (χ1n) is 9.07. The number of rotatable bonds is 5. The van der Waals surface area contributed by atoms with E-state index in [9.17, 15) is 19.8 Å². The molecular formula is C21H25N3O5. The second kappa shape index (κ2) is 9.08. The van der Waals surface area contributed by atoms with Gasteiger partial charge in [0.25, 0.3) is 5.91 Å². The summed E-state index contributed by atoms with van der Waals surface area (Å²) < 4.78 is 0. The van der Waals surface area contributed by atoms with E-state index in [0.717, 1.165) is 0 Å². The lowest BCUT2D eigenvalue weighted by Crippen LogP contribution is -2.47. The van der Waals surface area contributed by atoms with E-state index in [1.807, 2.05) is 0 Å². The molecule has 8 N–H and O–H groups in total. The van der Waals surface area contributed by atoms with Gasteiger partial charge < -0.3 is 21.7 Å². The SMILES string of the molecule is CC(C)(N)[C@@H](C(=O)NO)c1cc(C#CC#C[C@H]2C[C@@H](O)[C@H]2CO)ccc1C(N)=O. The molecule has 8 heteroatoms. The predicted octanol–water partition coefficient (Wildman–Crippen LogP) is -0.544. The van der Waals surface area contributed by atoms with Gasteiger partial charge in [0.15, 0.2) is 0 Å². The summed E-state index contributed by atoms with van der Waals surface area (Å²) in [6.45, 7) is 3.05. The van der Waals surface area contributed by atoms with E-state index in [2.05, 4.69) is 23.7 Å². The Labute approximate surface area is 169 Å². The number of carbonyl (C=O) groups excluding carboxylic acids is 2. The quantitative estimate of drug-likeness (QED) is 0.221. The number of aliphatic hydroxyl groups excluding tert-OH is 2. The molecule has 4 atom stereocenters. The van der Waals surface area contributed by atoms with Crippen molar-refractivity contribution in [3.8, 4) is 23.7 Å². The molecule has 1 aromatic carbocycles. The summed E-state index contributed by atoms with van der Waals surface area (Å²) in [4.78, 5) is 24.0. The van der Waals surface area contributed by atoms with Gasteiger partial charge in [-0.2, -0.15) is 0 Å². The Hall–Kier alpha value is -2.88. The van der Waals surface area contributed by atoms with Gasteiger partial charge in [-0.15, -0.1) is 0 Å². The molecular weight excluding hydrogens is 374 g/mol. The van der Waals surface area contributed by atoms with Crippen LogP contribution >= 0.6 is 0 Å². The van der Waals surface area contributed by atoms with Gasteiger partial charge in [-0.05, 0) is 55.9 Å². The van der Waals surface area contributed by atoms with Crippen LogP contribution in [0.15, 0.2) is 18.2 Å². The van der Waals surface area contributed by atoms with Crippen LogP contribution < -0.4 is 16.9 Å². The molecule has 29 heavy (non-hydrogen) atoms. The van der Waals surface area contributed by atoms with Gasteiger partial charge in [0.05, 0.1) is 12.0 Å². The Morgan fingerprint density at radius 3 is 2.55 bits per heavy atom. The minimum Gasteiger partial charge on any atom is -0.396 e. The highest BCUT2D eigenvalue weighted by Gasteiger charge is 2.38. The predicted molar refractivity (Wildman–Crippen MR) is 105 cm³/mol. The number of nitrogens with one attached hydrogen (secondary N) is 1. The summed E-state index contributed by atoms with van der Waals surface area (Å²) in [7, 11) is 0. The first-order chi connectivity index (χ1) is 13.6. The summed E-state index contributed by atoms with van der Waals surface area (Å²) in [6.07, 6.45) is -0.0358. The molecule has 0 spiro atoms. The van der Waals surface area contributed by atoms with Crippen LogP contribution in [0.1, 0.15) is 47.7 Å². The molecule has 0 bridgehead atoms. The second-order valence-corrected chi connectivity index (χ2v) is 7.67. The number of hydrogen-bond acceptors (Lipinski definition) is 6. The fraction of sp³-hybridized carbons (Fsp3) is 0.429. The fourth-order valence-corrected chi connectivity index (χ4v) is 3.38. The lowest BCUT2D eigenvalue weighted by Gasteiger charge is -2.37. The van der Waals surface area contributed by atoms with Gasteiger partial charge >= 0.3 is 0 Å². The van der Waals surface area contributed by atoms with Crippen molar-refractivity contribution < 1.29 is 25.0 Å². The van der Waals surface area contributed by atoms with Crippen LogP contribution in [-0.2, 0) is 4.79 Å². The van der Waals surface area contributed by atoms with Gasteiger partial charge in [-0.25, -0.2) is 5.48 Å². The Morgan fingerprint density at radius 1 is 1.34 bits per heavy atom. The zero-order valence-corrected chi connectivity index (χ0v) is 16.3. The third kappa shape index (κ3) is 5.14. The standard InChI is InChI=1S/C21H25N3O5/c1-21(2,23)18(20(28)24-29)15-9-12(7-8-14(15)19(22)27)5-3-4-6-13-10-17(26)16(13)11-25/h7-9,13,16-18,25-26,29H,10-11,23H2,1-2H3,(H2,22,27)(H,24,28)/t13-,16-,17+,18+/m0/s1. The average molecular weight is 399 g/mol. The highest BCUT2D eigenvalue weighted by molar-refractivity contribution is 5.97. The number of primary amides is 1. The van der Waals surface area contributed by atoms with Crippen molar-refractivity contribution in [2.45, 2.75) is 37.8 Å². The molecule has 1 aliphatic carbocycles. The smallest absolute Gasteiger partial charge is 0.252 e. The first kappa shape index (κ1) is 22.4. The second-order valence-electron chi connectivity index (χ2n) is 7.67. The van der Waals surface area contributed by atoms with Crippen LogP contribution in [0.4, 0.5) is 0 Å². The van der Waals surface area contributed by atoms with Crippen molar-refractivity contribution in [1.82, 2.24) is 5.48 Å². The van der Waals surface area contributed by atoms with Crippen LogP contribution in [-0.4, -0.2) is 45.5 Å². The zero-order chi connectivity index (χ0) is 21.8. The maximum absolute atomic E-state index is 12.2. The Kier molecular flexibility index (Phi) is 7.02. The normalized spacial score (nSPS) is 21.5. The lowest BCUT2D eigenvalue weighted by molar-refractivity contribution is -0.132. The monoisotopic (exact) mass is 399 g/mol. The lowest BCUT2D eigenvalue weighted by atomic mass is 9.72. The molecule has 0 unspecified atom stereocenters. The highest BCUT2D eigenvalue weighted by atomic mass is 16.5. The molecule has 1 fully saturated rings. The number of hydrogen-bond donors (Lipinski definition) is 6. The van der Waals surface area contributed by atoms with Crippen molar-refractivity contribution in [2.75, 3.05) is 6.61 Å². The Bertz CT molecular complexity index is 914. The molecule has 1 aliphatic rings. The van der Waals surface area contributed by atoms with Crippen molar-refractivity contribution in [2.24, 2.45) is 23.3 Å². The van der Waals surface area contributed by atoms with Crippen molar-refractivity contribution >= 4 is 11.8 Å². The largest absolute Gasteiger partial charge is 0.396 e. The van der Waals surface area contributed by atoms with E-state index in [4.69, 9.17) is 16.7 Å². The van der Waals surface area contributed by atoms with Crippen LogP contribution in [0.3, 0.4) is 0 Å². The third-order valence-electron chi connectivity index (χ3n) is 4.99. The van der Waals surface area contributed by atoms with Crippen molar-refractivity contribution in [3.05, 3.63) is 34.9 Å². The molecule has 2 rings (SSSR count). The number of benzene rings is 1. The van der Waals surface area contributed by atoms with E-state index in [1.54, 1.807) is 25.4 Å². The van der Waals surface area contributed by atoms with Gasteiger partial charge in [0.1, 0.15) is 0 Å². The fourth-order valence-electron chi connectivity index (χ4n) is 3.38. The van der Waals surface area contributed by atoms with Crippen LogP contribution in [0.5, 0.6) is 0 Å². The Morgan fingerprint density at radius 2 is 2.03 bits per heavy atom. The summed E-state index contributed by atoms with van der Waals surface area (Å²) in [6, 6.07) is 4.54. The van der Waals surface area contributed by atoms with Crippen molar-refractivity contribution in [3.63, 3.8) is 0 Å². The molecule has 2 amide bonds. The van der Waals surface area contributed by atoms with Crippen molar-refractivity contribution in [1.29, 1.82) is 0 Å². The van der Waals surface area contributed by atoms with Gasteiger partial charge in [-0.1, -0.05) is 11.8 Å². The van der Waals surface area contributed by atoms with E-state index < -0.39 is 29.4 Å². The molecule has 1 aromatic rings. The number of aliphatic hydroxyl groups is 2. The molecule has 154 valence electrons. The first-order valence-corrected chi connectivity index (χ1v) is 9.07. The number of carbonyl (C=O) groups is 2. The topological polar surface area (TPSA) is 159 Å². The summed E-state index contributed by atoms with van der Waals surface area (Å²) in [5.41, 5.74) is 12.8. The van der Waals surface area contributed by atoms with E-state index in [-0.39, 0.29) is 29.6 Å². The summed E-state index contributed by atoms with van der Waals surface area (Å²) >= 11 is 0. The van der Waals surface area contributed by atoms with Gasteiger partial charge in [-0.3, -0.25) is 14.8 Å². The number of hydroxylamine groups is 1. The number of amides is 2. The zero-order valence-electron chi connectivity index (χ0n) is 16.3. The molecule has 8 nitrogen and oxygen atoms in total. The van der Waals surface area contributed by atoms with E-state index in [1.165, 1.54) is 12.1 Å². The third-order valence-corrected chi connectivity index (χ3v) is 4.99. The summed E-state index contributed by atoms with van der Waals surface area (Å²) in [5, 5.41) is 27.8. The van der Waals surface area contributed by atoms with Gasteiger partial charge in [0, 0.05) is 35.1 Å². The van der Waals surface area contributed by atoms with Crippen LogP contribution in [0.25, 0.3) is 0 Å². The Balaban J connectivity index is 2.37. The molecule has 0 radical (unpaired) electrons. The minimum absolute atomic E-state index is 0.100. The molecule has 0 aliphatic heterocycles. The van der Waals surface area contributed by atoms with Crippen LogP contribution in [0, 0.1) is 35.5 Å². The molecule has 0 aromatic heterocycles.